The van der Waals surface area contributed by atoms with E-state index in [0.717, 1.165) is 39.0 Å². The van der Waals surface area contributed by atoms with Crippen molar-refractivity contribution < 1.29 is 4.42 Å². The summed E-state index contributed by atoms with van der Waals surface area (Å²) >= 11 is 1.83. The average Bonchev–Trinajstić information content (AvgIpc) is 3.78. The van der Waals surface area contributed by atoms with Gasteiger partial charge < -0.3 is 9.32 Å². The fourth-order valence-corrected chi connectivity index (χ4v) is 8.56. The van der Waals surface area contributed by atoms with Crippen LogP contribution in [0.3, 0.4) is 0 Å². The van der Waals surface area contributed by atoms with E-state index < -0.39 is 0 Å². The first-order valence-electron chi connectivity index (χ1n) is 17.3. The van der Waals surface area contributed by atoms with E-state index in [-0.39, 0.29) is 0 Å². The molecule has 0 unspecified atom stereocenters. The Labute approximate surface area is 300 Å². The molecule has 0 bridgehead atoms. The van der Waals surface area contributed by atoms with Crippen molar-refractivity contribution in [3.63, 3.8) is 0 Å². The lowest BCUT2D eigenvalue weighted by molar-refractivity contribution is 0.673. The van der Waals surface area contributed by atoms with Crippen molar-refractivity contribution in [1.82, 2.24) is 0 Å². The van der Waals surface area contributed by atoms with Crippen molar-refractivity contribution in [2.45, 2.75) is 0 Å². The molecule has 0 spiro atoms. The Hall–Kier alpha value is -6.42. The number of thiophene rings is 1. The van der Waals surface area contributed by atoms with Crippen LogP contribution in [0.5, 0.6) is 0 Å². The molecule has 3 heteroatoms. The molecule has 2 heterocycles. The maximum Gasteiger partial charge on any atom is 0.144 e. The summed E-state index contributed by atoms with van der Waals surface area (Å²) in [5.41, 5.74) is 12.4. The highest BCUT2D eigenvalue weighted by atomic mass is 32.1. The molecule has 0 aliphatic carbocycles. The van der Waals surface area contributed by atoms with Gasteiger partial charge in [0, 0.05) is 48.0 Å². The lowest BCUT2D eigenvalue weighted by Crippen LogP contribution is -2.09. The van der Waals surface area contributed by atoms with Crippen LogP contribution in [0.25, 0.3) is 75.5 Å². The van der Waals surface area contributed by atoms with Crippen LogP contribution in [0.4, 0.5) is 17.1 Å². The van der Waals surface area contributed by atoms with Crippen LogP contribution in [0, 0.1) is 0 Å². The Balaban J connectivity index is 1.08. The SMILES string of the molecule is c1ccc(-c2ccc(N(c3ccc(-c4ccccc4)cc3)c3ccc(-c4cccc5sc6ccc7c8ccccc8oc7c6c45)cc3)cc2)cc1. The van der Waals surface area contributed by atoms with Crippen LogP contribution in [0.15, 0.2) is 192 Å². The molecule has 0 N–H and O–H groups in total. The lowest BCUT2D eigenvalue weighted by Gasteiger charge is -2.26. The summed E-state index contributed by atoms with van der Waals surface area (Å²) in [7, 11) is 0. The molecule has 8 aromatic carbocycles. The number of furan rings is 1. The number of rotatable bonds is 6. The Bertz CT molecular complexity index is 2730. The van der Waals surface area contributed by atoms with Crippen LogP contribution in [-0.2, 0) is 0 Å². The molecule has 0 amide bonds. The summed E-state index contributed by atoms with van der Waals surface area (Å²) in [6.07, 6.45) is 0. The quantitative estimate of drug-likeness (QED) is 0.175. The molecule has 0 fully saturated rings. The topological polar surface area (TPSA) is 16.4 Å². The second kappa shape index (κ2) is 12.2. The second-order valence-electron chi connectivity index (χ2n) is 12.9. The second-order valence-corrected chi connectivity index (χ2v) is 14.0. The normalized spacial score (nSPS) is 11.5. The zero-order valence-electron chi connectivity index (χ0n) is 27.7. The average molecular weight is 670 g/mol. The molecule has 2 aromatic heterocycles. The van der Waals surface area contributed by atoms with E-state index in [9.17, 15) is 0 Å². The van der Waals surface area contributed by atoms with E-state index in [1.165, 1.54) is 53.6 Å². The molecule has 0 radical (unpaired) electrons. The van der Waals surface area contributed by atoms with Gasteiger partial charge in [0.15, 0.2) is 0 Å². The number of fused-ring (bicyclic) bond motifs is 7. The number of para-hydroxylation sites is 1. The van der Waals surface area contributed by atoms with Gasteiger partial charge in [-0.15, -0.1) is 11.3 Å². The van der Waals surface area contributed by atoms with Gasteiger partial charge in [0.25, 0.3) is 0 Å². The molecular weight excluding hydrogens is 639 g/mol. The Morgan fingerprint density at radius 3 is 1.47 bits per heavy atom. The molecule has 10 aromatic rings. The van der Waals surface area contributed by atoms with Crippen LogP contribution < -0.4 is 4.90 Å². The van der Waals surface area contributed by atoms with Crippen molar-refractivity contribution in [2.75, 3.05) is 4.90 Å². The molecule has 0 saturated heterocycles. The summed E-state index contributed by atoms with van der Waals surface area (Å²) in [6, 6.07) is 67.3. The first-order valence-corrected chi connectivity index (χ1v) is 18.1. The summed E-state index contributed by atoms with van der Waals surface area (Å²) in [5.74, 6) is 0. The Morgan fingerprint density at radius 2 is 0.863 bits per heavy atom. The van der Waals surface area contributed by atoms with Crippen LogP contribution in [0.1, 0.15) is 0 Å². The van der Waals surface area contributed by atoms with E-state index in [2.05, 4.69) is 187 Å². The number of anilines is 3. The summed E-state index contributed by atoms with van der Waals surface area (Å²) in [6.45, 7) is 0. The minimum atomic E-state index is 0.926. The number of nitrogens with zero attached hydrogens (tertiary/aromatic N) is 1. The van der Waals surface area contributed by atoms with Gasteiger partial charge in [-0.05, 0) is 94.0 Å². The van der Waals surface area contributed by atoms with E-state index in [0.29, 0.717) is 0 Å². The smallest absolute Gasteiger partial charge is 0.144 e. The fourth-order valence-electron chi connectivity index (χ4n) is 7.43. The maximum atomic E-state index is 6.54. The third-order valence-corrected chi connectivity index (χ3v) is 11.0. The van der Waals surface area contributed by atoms with Gasteiger partial charge in [0.1, 0.15) is 11.2 Å². The third kappa shape index (κ3) is 5.10. The summed E-state index contributed by atoms with van der Waals surface area (Å²) in [4.78, 5) is 2.34. The zero-order chi connectivity index (χ0) is 33.7. The van der Waals surface area contributed by atoms with Crippen molar-refractivity contribution in [3.05, 3.63) is 188 Å². The van der Waals surface area contributed by atoms with Gasteiger partial charge in [-0.25, -0.2) is 0 Å². The summed E-state index contributed by atoms with van der Waals surface area (Å²) in [5, 5.41) is 4.77. The van der Waals surface area contributed by atoms with E-state index in [4.69, 9.17) is 4.42 Å². The van der Waals surface area contributed by atoms with Crippen molar-refractivity contribution in [2.24, 2.45) is 0 Å². The van der Waals surface area contributed by atoms with Crippen molar-refractivity contribution >= 4 is 70.5 Å². The van der Waals surface area contributed by atoms with E-state index in [1.54, 1.807) is 0 Å². The van der Waals surface area contributed by atoms with Gasteiger partial charge in [-0.1, -0.05) is 127 Å². The van der Waals surface area contributed by atoms with Gasteiger partial charge >= 0.3 is 0 Å². The molecule has 10 rings (SSSR count). The predicted octanol–water partition coefficient (Wildman–Crippen LogP) is 14.4. The number of benzene rings is 8. The zero-order valence-corrected chi connectivity index (χ0v) is 28.5. The van der Waals surface area contributed by atoms with Crippen molar-refractivity contribution in [3.8, 4) is 33.4 Å². The first kappa shape index (κ1) is 29.5. The maximum absolute atomic E-state index is 6.54. The third-order valence-electron chi connectivity index (χ3n) is 9.91. The van der Waals surface area contributed by atoms with Gasteiger partial charge in [-0.3, -0.25) is 0 Å². The lowest BCUT2D eigenvalue weighted by atomic mass is 9.98. The molecule has 51 heavy (non-hydrogen) atoms. The molecule has 0 aliphatic rings. The van der Waals surface area contributed by atoms with Gasteiger partial charge in [-0.2, -0.15) is 0 Å². The molecule has 240 valence electrons. The van der Waals surface area contributed by atoms with Crippen molar-refractivity contribution in [1.29, 1.82) is 0 Å². The Kier molecular flexibility index (Phi) is 7.04. The molecule has 0 aliphatic heterocycles. The predicted molar refractivity (Wildman–Crippen MR) is 218 cm³/mol. The molecular formula is C48H31NOS. The summed E-state index contributed by atoms with van der Waals surface area (Å²) < 4.78 is 9.05. The Morgan fingerprint density at radius 1 is 0.353 bits per heavy atom. The standard InChI is InChI=1S/C48H31NOS/c1-3-10-32(11-4-1)34-18-24-37(25-19-34)49(38-26-20-35(21-27-38)33-12-5-2-6-13-33)39-28-22-36(23-29-39)40-15-9-17-44-46(40)47-45(51-44)31-30-42-41-14-7-8-16-43(41)50-48(42)47/h1-31H. The highest BCUT2D eigenvalue weighted by Gasteiger charge is 2.19. The highest BCUT2D eigenvalue weighted by Crippen LogP contribution is 2.46. The van der Waals surface area contributed by atoms with Crippen LogP contribution in [-0.4, -0.2) is 0 Å². The number of hydrogen-bond donors (Lipinski definition) is 0. The molecule has 2 nitrogen and oxygen atoms in total. The van der Waals surface area contributed by atoms with Gasteiger partial charge in [0.2, 0.25) is 0 Å². The minimum Gasteiger partial charge on any atom is -0.455 e. The first-order chi connectivity index (χ1) is 25.3. The van der Waals surface area contributed by atoms with Gasteiger partial charge in [0.05, 0.1) is 0 Å². The number of hydrogen-bond acceptors (Lipinski definition) is 3. The van der Waals surface area contributed by atoms with Crippen LogP contribution in [0.2, 0.25) is 0 Å². The molecule has 0 atom stereocenters. The van der Waals surface area contributed by atoms with Crippen LogP contribution >= 0.6 is 11.3 Å². The highest BCUT2D eigenvalue weighted by molar-refractivity contribution is 7.26. The largest absolute Gasteiger partial charge is 0.455 e. The monoisotopic (exact) mass is 669 g/mol. The minimum absolute atomic E-state index is 0.926. The van der Waals surface area contributed by atoms with E-state index >= 15 is 0 Å². The fraction of sp³-hybridized carbons (Fsp3) is 0. The molecule has 0 saturated carbocycles. The van der Waals surface area contributed by atoms with E-state index in [1.807, 2.05) is 17.4 Å².